The molecule has 0 aliphatic rings. The summed E-state index contributed by atoms with van der Waals surface area (Å²) in [6.45, 7) is 5.59. The maximum Gasteiger partial charge on any atom is 0.329 e. The number of rotatable bonds is 7. The summed E-state index contributed by atoms with van der Waals surface area (Å²) < 4.78 is 5.64. The Kier molecular flexibility index (Phi) is 8.12. The fraction of sp³-hybridized carbons (Fsp3) is 0.154. The standard InChI is InChI=1S/C26H26N4O4/c1-17-8-6-11-21(14-17)28-25(32)26(33)30-27-15-20-10-4-5-13-23(20)34-16-24(31)29-22-12-7-9-18(2)19(22)3/h4-15H,16H2,1-3H3,(H,28,32)(H,29,31)(H,30,33)/b27-15-. The summed E-state index contributed by atoms with van der Waals surface area (Å²) in [5.74, 6) is -1.65. The zero-order valence-electron chi connectivity index (χ0n) is 19.2. The molecule has 3 rings (SSSR count). The van der Waals surface area contributed by atoms with Crippen molar-refractivity contribution in [2.24, 2.45) is 5.10 Å². The van der Waals surface area contributed by atoms with Gasteiger partial charge in [-0.25, -0.2) is 5.43 Å². The van der Waals surface area contributed by atoms with E-state index < -0.39 is 11.8 Å². The van der Waals surface area contributed by atoms with Gasteiger partial charge < -0.3 is 15.4 Å². The Bertz CT molecular complexity index is 1240. The topological polar surface area (TPSA) is 109 Å². The number of carbonyl (C=O) groups is 3. The van der Waals surface area contributed by atoms with Crippen LogP contribution in [0.2, 0.25) is 0 Å². The number of carbonyl (C=O) groups excluding carboxylic acids is 3. The van der Waals surface area contributed by atoms with E-state index in [-0.39, 0.29) is 12.5 Å². The van der Waals surface area contributed by atoms with Crippen LogP contribution in [0.5, 0.6) is 5.75 Å². The Morgan fingerprint density at radius 1 is 0.882 bits per heavy atom. The number of hydrogen-bond acceptors (Lipinski definition) is 5. The van der Waals surface area contributed by atoms with Crippen LogP contribution in [0.3, 0.4) is 0 Å². The highest BCUT2D eigenvalue weighted by atomic mass is 16.5. The van der Waals surface area contributed by atoms with Crippen LogP contribution in [0.1, 0.15) is 22.3 Å². The lowest BCUT2D eigenvalue weighted by molar-refractivity contribution is -0.136. The molecule has 0 spiro atoms. The Balaban J connectivity index is 1.55. The van der Waals surface area contributed by atoms with Crippen LogP contribution >= 0.6 is 0 Å². The summed E-state index contributed by atoms with van der Waals surface area (Å²) in [7, 11) is 0. The second-order valence-electron chi connectivity index (χ2n) is 7.64. The third-order valence-corrected chi connectivity index (χ3v) is 5.01. The predicted octanol–water partition coefficient (Wildman–Crippen LogP) is 3.72. The minimum absolute atomic E-state index is 0.205. The zero-order valence-corrected chi connectivity index (χ0v) is 19.2. The van der Waals surface area contributed by atoms with Gasteiger partial charge in [-0.1, -0.05) is 36.4 Å². The van der Waals surface area contributed by atoms with E-state index in [4.69, 9.17) is 4.74 Å². The summed E-state index contributed by atoms with van der Waals surface area (Å²) in [4.78, 5) is 36.4. The summed E-state index contributed by atoms with van der Waals surface area (Å²) in [5, 5.41) is 9.18. The molecular weight excluding hydrogens is 432 g/mol. The molecule has 3 amide bonds. The Hall–Kier alpha value is -4.46. The second kappa shape index (κ2) is 11.4. The third kappa shape index (κ3) is 6.77. The van der Waals surface area contributed by atoms with E-state index in [2.05, 4.69) is 21.2 Å². The van der Waals surface area contributed by atoms with Gasteiger partial charge in [-0.05, 0) is 67.8 Å². The molecule has 3 aromatic carbocycles. The van der Waals surface area contributed by atoms with E-state index in [0.717, 1.165) is 22.4 Å². The van der Waals surface area contributed by atoms with E-state index >= 15 is 0 Å². The molecule has 0 unspecified atom stereocenters. The summed E-state index contributed by atoms with van der Waals surface area (Å²) in [6, 6.07) is 19.7. The van der Waals surface area contributed by atoms with Gasteiger partial charge in [0.15, 0.2) is 6.61 Å². The number of hydrogen-bond donors (Lipinski definition) is 3. The molecule has 0 saturated carbocycles. The van der Waals surface area contributed by atoms with Gasteiger partial charge in [0.05, 0.1) is 6.21 Å². The Labute approximate surface area is 198 Å². The van der Waals surface area contributed by atoms with Crippen LogP contribution in [-0.4, -0.2) is 30.5 Å². The van der Waals surface area contributed by atoms with Gasteiger partial charge >= 0.3 is 11.8 Å². The molecule has 0 atom stereocenters. The van der Waals surface area contributed by atoms with Crippen molar-refractivity contribution in [2.45, 2.75) is 20.8 Å². The number of nitrogens with one attached hydrogen (secondary N) is 3. The molecule has 0 fully saturated rings. The molecule has 0 bridgehead atoms. The van der Waals surface area contributed by atoms with Crippen molar-refractivity contribution in [3.05, 3.63) is 89.0 Å². The molecule has 8 heteroatoms. The highest BCUT2D eigenvalue weighted by Gasteiger charge is 2.13. The predicted molar refractivity (Wildman–Crippen MR) is 132 cm³/mol. The molecule has 34 heavy (non-hydrogen) atoms. The van der Waals surface area contributed by atoms with Crippen LogP contribution in [0.4, 0.5) is 11.4 Å². The molecule has 0 aromatic heterocycles. The van der Waals surface area contributed by atoms with Crippen molar-refractivity contribution in [2.75, 3.05) is 17.2 Å². The number of benzene rings is 3. The number of ether oxygens (including phenoxy) is 1. The molecule has 8 nitrogen and oxygen atoms in total. The summed E-state index contributed by atoms with van der Waals surface area (Å²) in [5.41, 5.74) is 6.99. The highest BCUT2D eigenvalue weighted by Crippen LogP contribution is 2.19. The minimum atomic E-state index is -0.913. The molecular formula is C26H26N4O4. The maximum absolute atomic E-state index is 12.3. The number of anilines is 2. The van der Waals surface area contributed by atoms with Gasteiger partial charge in [0, 0.05) is 16.9 Å². The first kappa shape index (κ1) is 24.2. The molecule has 174 valence electrons. The largest absolute Gasteiger partial charge is 0.483 e. The van der Waals surface area contributed by atoms with Gasteiger partial charge in [-0.15, -0.1) is 0 Å². The lowest BCUT2D eigenvalue weighted by Gasteiger charge is -2.12. The Morgan fingerprint density at radius 3 is 2.44 bits per heavy atom. The molecule has 3 N–H and O–H groups in total. The van der Waals surface area contributed by atoms with Gasteiger partial charge in [0.1, 0.15) is 5.75 Å². The van der Waals surface area contributed by atoms with Crippen LogP contribution in [-0.2, 0) is 14.4 Å². The van der Waals surface area contributed by atoms with Crippen molar-refractivity contribution in [1.82, 2.24) is 5.43 Å². The van der Waals surface area contributed by atoms with Crippen LogP contribution in [0.25, 0.3) is 0 Å². The first-order chi connectivity index (χ1) is 16.3. The average molecular weight is 459 g/mol. The number of para-hydroxylation sites is 1. The fourth-order valence-corrected chi connectivity index (χ4v) is 3.06. The number of amides is 3. The van der Waals surface area contributed by atoms with E-state index in [1.807, 2.05) is 45.0 Å². The molecule has 0 radical (unpaired) electrons. The molecule has 0 heterocycles. The molecule has 0 saturated heterocycles. The minimum Gasteiger partial charge on any atom is -0.483 e. The van der Waals surface area contributed by atoms with Gasteiger partial charge in [0.2, 0.25) is 0 Å². The Morgan fingerprint density at radius 2 is 1.65 bits per heavy atom. The monoisotopic (exact) mass is 458 g/mol. The highest BCUT2D eigenvalue weighted by molar-refractivity contribution is 6.39. The normalized spacial score (nSPS) is 10.6. The summed E-state index contributed by atoms with van der Waals surface area (Å²) >= 11 is 0. The summed E-state index contributed by atoms with van der Waals surface area (Å²) in [6.07, 6.45) is 1.34. The lowest BCUT2D eigenvalue weighted by atomic mass is 10.1. The number of aryl methyl sites for hydroxylation is 2. The second-order valence-corrected chi connectivity index (χ2v) is 7.64. The smallest absolute Gasteiger partial charge is 0.329 e. The SMILES string of the molecule is Cc1cccc(NC(=O)C(=O)N/N=C\c2ccccc2OCC(=O)Nc2cccc(C)c2C)c1. The number of hydrazone groups is 1. The van der Waals surface area contributed by atoms with Crippen molar-refractivity contribution < 1.29 is 19.1 Å². The lowest BCUT2D eigenvalue weighted by Crippen LogP contribution is -2.32. The number of nitrogens with zero attached hydrogens (tertiary/aromatic N) is 1. The third-order valence-electron chi connectivity index (χ3n) is 5.01. The first-order valence-corrected chi connectivity index (χ1v) is 10.6. The molecule has 0 aliphatic carbocycles. The van der Waals surface area contributed by atoms with Gasteiger partial charge in [-0.2, -0.15) is 5.10 Å². The fourth-order valence-electron chi connectivity index (χ4n) is 3.06. The van der Waals surface area contributed by atoms with Gasteiger partial charge in [0.25, 0.3) is 5.91 Å². The van der Waals surface area contributed by atoms with E-state index in [1.54, 1.807) is 42.5 Å². The van der Waals surface area contributed by atoms with Crippen molar-refractivity contribution in [3.63, 3.8) is 0 Å². The first-order valence-electron chi connectivity index (χ1n) is 10.6. The van der Waals surface area contributed by atoms with Crippen molar-refractivity contribution >= 4 is 35.3 Å². The zero-order chi connectivity index (χ0) is 24.5. The maximum atomic E-state index is 12.3. The quantitative estimate of drug-likeness (QED) is 0.285. The molecule has 0 aliphatic heterocycles. The van der Waals surface area contributed by atoms with Crippen LogP contribution in [0, 0.1) is 20.8 Å². The van der Waals surface area contributed by atoms with Crippen molar-refractivity contribution in [1.29, 1.82) is 0 Å². The van der Waals surface area contributed by atoms with Crippen molar-refractivity contribution in [3.8, 4) is 5.75 Å². The van der Waals surface area contributed by atoms with Crippen LogP contribution in [0.15, 0.2) is 71.8 Å². The van der Waals surface area contributed by atoms with E-state index in [9.17, 15) is 14.4 Å². The average Bonchev–Trinajstić information content (AvgIpc) is 2.81. The molecule has 3 aromatic rings. The van der Waals surface area contributed by atoms with Crippen LogP contribution < -0.4 is 20.8 Å². The van der Waals surface area contributed by atoms with E-state index in [1.165, 1.54) is 6.21 Å². The van der Waals surface area contributed by atoms with E-state index in [0.29, 0.717) is 17.0 Å². The van der Waals surface area contributed by atoms with Gasteiger partial charge in [-0.3, -0.25) is 14.4 Å².